The molecule has 0 saturated carbocycles. The summed E-state index contributed by atoms with van der Waals surface area (Å²) in [5.41, 5.74) is 0.549. The zero-order valence-corrected chi connectivity index (χ0v) is 23.2. The molecule has 0 radical (unpaired) electrons. The largest absolute Gasteiger partial charge is 0.489 e. The minimum absolute atomic E-state index is 0.0162. The Morgan fingerprint density at radius 2 is 1.03 bits per heavy atom. The van der Waals surface area contributed by atoms with E-state index in [4.69, 9.17) is 0 Å². The van der Waals surface area contributed by atoms with Gasteiger partial charge in [-0.05, 0) is 65.4 Å². The van der Waals surface area contributed by atoms with Crippen LogP contribution in [0.1, 0.15) is 62.3 Å². The quantitative estimate of drug-likeness (QED) is 0.129. The standard InChI is InChI=1S/C18H13BO2.C12H27P/c20-19(21)17-7-3-6-12-8-9-15-10-13-4-1-2-5-14(13)11-16(15)18(12)17;1-10(2,3)13(11(4,5)6)12(7,8)9/h1-11,20-21H;1-9H3. The summed E-state index contributed by atoms with van der Waals surface area (Å²) in [6.07, 6.45) is 0. The second-order valence-electron chi connectivity index (χ2n) is 12.2. The SMILES string of the molecule is CC(C)(C)P(C(C)(C)C)C(C)(C)C.OB(O)c1cccc2ccc3cc4ccccc4cc3c12. The molecule has 2 nitrogen and oxygen atoms in total. The molecule has 0 bridgehead atoms. The Kier molecular flexibility index (Phi) is 7.54. The van der Waals surface area contributed by atoms with Crippen LogP contribution in [-0.4, -0.2) is 32.6 Å². The molecule has 0 aliphatic heterocycles. The first-order valence-corrected chi connectivity index (χ1v) is 13.5. The van der Waals surface area contributed by atoms with Gasteiger partial charge in [-0.1, -0.05) is 125 Å². The molecule has 2 N–H and O–H groups in total. The Morgan fingerprint density at radius 3 is 1.50 bits per heavy atom. The van der Waals surface area contributed by atoms with E-state index in [1.165, 1.54) is 5.39 Å². The highest BCUT2D eigenvalue weighted by Crippen LogP contribution is 2.66. The van der Waals surface area contributed by atoms with Gasteiger partial charge in [-0.2, -0.15) is 0 Å². The molecule has 34 heavy (non-hydrogen) atoms. The monoisotopic (exact) mass is 474 g/mol. The molecule has 4 rings (SSSR count). The van der Waals surface area contributed by atoms with Gasteiger partial charge in [0.2, 0.25) is 0 Å². The fraction of sp³-hybridized carbons (Fsp3) is 0.400. The lowest BCUT2D eigenvalue weighted by Crippen LogP contribution is -2.34. The van der Waals surface area contributed by atoms with Gasteiger partial charge in [0.1, 0.15) is 0 Å². The maximum absolute atomic E-state index is 9.65. The summed E-state index contributed by atoms with van der Waals surface area (Å²) >= 11 is 0. The van der Waals surface area contributed by atoms with Gasteiger partial charge >= 0.3 is 7.12 Å². The van der Waals surface area contributed by atoms with Gasteiger partial charge in [-0.3, -0.25) is 0 Å². The predicted molar refractivity (Wildman–Crippen MR) is 155 cm³/mol. The molecule has 4 aromatic carbocycles. The van der Waals surface area contributed by atoms with Crippen LogP contribution in [0.3, 0.4) is 0 Å². The van der Waals surface area contributed by atoms with Crippen LogP contribution < -0.4 is 5.46 Å². The van der Waals surface area contributed by atoms with Crippen molar-refractivity contribution in [2.24, 2.45) is 0 Å². The van der Waals surface area contributed by atoms with Crippen molar-refractivity contribution in [3.05, 3.63) is 66.7 Å². The normalized spacial score (nSPS) is 12.8. The summed E-state index contributed by atoms with van der Waals surface area (Å²) in [7, 11) is -1.45. The van der Waals surface area contributed by atoms with Crippen molar-refractivity contribution in [2.75, 3.05) is 0 Å². The van der Waals surface area contributed by atoms with Crippen LogP contribution in [0.4, 0.5) is 0 Å². The molecule has 0 saturated heterocycles. The van der Waals surface area contributed by atoms with Gasteiger partial charge in [-0.15, -0.1) is 0 Å². The zero-order valence-electron chi connectivity index (χ0n) is 22.3. The molecule has 4 aromatic rings. The molecule has 0 aromatic heterocycles. The molecule has 0 aliphatic rings. The minimum atomic E-state index is -1.47. The fourth-order valence-electron chi connectivity index (χ4n) is 6.06. The lowest BCUT2D eigenvalue weighted by molar-refractivity contribution is 0.426. The first kappa shape index (κ1) is 26.7. The van der Waals surface area contributed by atoms with E-state index in [1.807, 2.05) is 30.3 Å². The molecule has 180 valence electrons. The second-order valence-corrected chi connectivity index (χ2v) is 16.8. The van der Waals surface area contributed by atoms with Crippen molar-refractivity contribution in [2.45, 2.75) is 77.8 Å². The maximum Gasteiger partial charge on any atom is 0.489 e. The average Bonchev–Trinajstić information content (AvgIpc) is 2.68. The first-order chi connectivity index (χ1) is 15.6. The highest BCUT2D eigenvalue weighted by Gasteiger charge is 2.41. The van der Waals surface area contributed by atoms with Crippen molar-refractivity contribution >= 4 is 52.8 Å². The molecule has 0 heterocycles. The minimum Gasteiger partial charge on any atom is -0.423 e. The summed E-state index contributed by atoms with van der Waals surface area (Å²) < 4.78 is 0. The van der Waals surface area contributed by atoms with Crippen LogP contribution in [0, 0.1) is 0 Å². The van der Waals surface area contributed by atoms with Crippen molar-refractivity contribution in [1.29, 1.82) is 0 Å². The van der Waals surface area contributed by atoms with Gasteiger partial charge < -0.3 is 10.0 Å². The van der Waals surface area contributed by atoms with E-state index in [9.17, 15) is 10.0 Å². The number of fused-ring (bicyclic) bond motifs is 4. The summed E-state index contributed by atoms with van der Waals surface area (Å²) in [6, 6.07) is 22.2. The van der Waals surface area contributed by atoms with Crippen LogP contribution in [0.15, 0.2) is 66.7 Å². The van der Waals surface area contributed by atoms with E-state index in [1.54, 1.807) is 6.07 Å². The summed E-state index contributed by atoms with van der Waals surface area (Å²) in [4.78, 5) is 0. The topological polar surface area (TPSA) is 40.5 Å². The Bertz CT molecular complexity index is 1260. The Labute approximate surface area is 207 Å². The number of rotatable bonds is 1. The van der Waals surface area contributed by atoms with Crippen LogP contribution in [0.5, 0.6) is 0 Å². The third kappa shape index (κ3) is 5.82. The Balaban J connectivity index is 0.000000218. The van der Waals surface area contributed by atoms with Crippen molar-refractivity contribution in [3.63, 3.8) is 0 Å². The fourth-order valence-corrected chi connectivity index (χ4v) is 12.1. The smallest absolute Gasteiger partial charge is 0.423 e. The molecule has 0 spiro atoms. The summed E-state index contributed by atoms with van der Waals surface area (Å²) in [5, 5.41) is 27.1. The summed E-state index contributed by atoms with van der Waals surface area (Å²) in [6.45, 7) is 21.5. The number of hydrogen-bond acceptors (Lipinski definition) is 2. The second kappa shape index (κ2) is 9.61. The third-order valence-electron chi connectivity index (χ3n) is 6.05. The summed E-state index contributed by atoms with van der Waals surface area (Å²) in [5.74, 6) is 0. The molecule has 0 unspecified atom stereocenters. The van der Waals surface area contributed by atoms with Crippen LogP contribution in [-0.2, 0) is 0 Å². The van der Waals surface area contributed by atoms with Crippen molar-refractivity contribution < 1.29 is 10.0 Å². The van der Waals surface area contributed by atoms with E-state index in [0.29, 0.717) is 20.9 Å². The predicted octanol–water partition coefficient (Wildman–Crippen LogP) is 7.69. The molecule has 0 aliphatic carbocycles. The van der Waals surface area contributed by atoms with Gasteiger partial charge in [0.25, 0.3) is 0 Å². The molecule has 0 amide bonds. The maximum atomic E-state index is 9.65. The van der Waals surface area contributed by atoms with Crippen molar-refractivity contribution in [3.8, 4) is 0 Å². The Hall–Kier alpha value is -1.93. The van der Waals surface area contributed by atoms with Gasteiger partial charge in [0.15, 0.2) is 0 Å². The Morgan fingerprint density at radius 1 is 0.559 bits per heavy atom. The molecule has 0 atom stereocenters. The van der Waals surface area contributed by atoms with E-state index >= 15 is 0 Å². The molecular formula is C30H40BO2P. The van der Waals surface area contributed by atoms with Crippen LogP contribution >= 0.6 is 7.92 Å². The van der Waals surface area contributed by atoms with Crippen molar-refractivity contribution in [1.82, 2.24) is 0 Å². The zero-order chi connectivity index (χ0) is 25.5. The molecule has 0 fully saturated rings. The van der Waals surface area contributed by atoms with Gasteiger partial charge in [-0.25, -0.2) is 0 Å². The lowest BCUT2D eigenvalue weighted by atomic mass is 9.76. The van der Waals surface area contributed by atoms with Crippen LogP contribution in [0.2, 0.25) is 0 Å². The van der Waals surface area contributed by atoms with Gasteiger partial charge in [0.05, 0.1) is 0 Å². The van der Waals surface area contributed by atoms with Crippen LogP contribution in [0.25, 0.3) is 32.3 Å². The van der Waals surface area contributed by atoms with E-state index in [2.05, 4.69) is 92.6 Å². The van der Waals surface area contributed by atoms with Gasteiger partial charge in [0, 0.05) is 0 Å². The van der Waals surface area contributed by atoms with E-state index in [0.717, 1.165) is 26.9 Å². The van der Waals surface area contributed by atoms with E-state index < -0.39 is 7.12 Å². The highest BCUT2D eigenvalue weighted by molar-refractivity contribution is 7.62. The van der Waals surface area contributed by atoms with E-state index in [-0.39, 0.29) is 7.92 Å². The highest BCUT2D eigenvalue weighted by atomic mass is 31.1. The molecule has 4 heteroatoms. The first-order valence-electron chi connectivity index (χ1n) is 12.1. The molecular weight excluding hydrogens is 434 g/mol. The number of hydrogen-bond donors (Lipinski definition) is 2. The lowest BCUT2D eigenvalue weighted by Gasteiger charge is -2.49. The third-order valence-corrected chi connectivity index (χ3v) is 10.1. The average molecular weight is 474 g/mol. The number of benzene rings is 4.